The van der Waals surface area contributed by atoms with Crippen LogP contribution in [0.1, 0.15) is 37.4 Å². The van der Waals surface area contributed by atoms with E-state index in [1.165, 1.54) is 11.3 Å². The molecule has 0 unspecified atom stereocenters. The van der Waals surface area contributed by atoms with Gasteiger partial charge in [0, 0.05) is 11.0 Å². The van der Waals surface area contributed by atoms with Gasteiger partial charge in [-0.3, -0.25) is 4.79 Å². The summed E-state index contributed by atoms with van der Waals surface area (Å²) in [4.78, 5) is 12.9. The number of hydrogen-bond acceptors (Lipinski definition) is 3. The molecule has 4 heteroatoms. The van der Waals surface area contributed by atoms with Gasteiger partial charge in [-0.05, 0) is 26.0 Å². The molecule has 15 heavy (non-hydrogen) atoms. The third-order valence-corrected chi connectivity index (χ3v) is 4.21. The maximum Gasteiger partial charge on any atom is 0.180 e. The molecule has 0 saturated heterocycles. The molecule has 0 amide bonds. The number of rotatable bonds is 3. The molecule has 2 N–H and O–H groups in total. The topological polar surface area (TPSA) is 43.1 Å². The fourth-order valence-electron chi connectivity index (χ4n) is 1.04. The van der Waals surface area contributed by atoms with E-state index in [1.54, 1.807) is 12.1 Å². The molecule has 0 saturated carbocycles. The second-order valence-corrected chi connectivity index (χ2v) is 6.49. The molecule has 0 aliphatic rings. The van der Waals surface area contributed by atoms with Crippen LogP contribution in [0.2, 0.25) is 4.34 Å². The van der Waals surface area contributed by atoms with Crippen LogP contribution in [0.25, 0.3) is 0 Å². The summed E-state index contributed by atoms with van der Waals surface area (Å²) in [5, 5.41) is 0. The van der Waals surface area contributed by atoms with Crippen LogP contribution >= 0.6 is 22.9 Å². The minimum Gasteiger partial charge on any atom is -0.325 e. The van der Waals surface area contributed by atoms with Gasteiger partial charge in [-0.25, -0.2) is 0 Å². The average molecular weight is 246 g/mol. The number of hydrogen-bond donors (Lipinski definition) is 1. The molecular weight excluding hydrogens is 230 g/mol. The lowest BCUT2D eigenvalue weighted by molar-refractivity contribution is 0.0740. The van der Waals surface area contributed by atoms with Crippen LogP contribution in [0.5, 0.6) is 0 Å². The van der Waals surface area contributed by atoms with Crippen molar-refractivity contribution < 1.29 is 4.79 Å². The summed E-state index contributed by atoms with van der Waals surface area (Å²) in [5.74, 6) is 0.0481. The predicted molar refractivity (Wildman–Crippen MR) is 65.7 cm³/mol. The largest absolute Gasteiger partial charge is 0.325 e. The van der Waals surface area contributed by atoms with Crippen LogP contribution < -0.4 is 5.73 Å². The summed E-state index contributed by atoms with van der Waals surface area (Å²) in [6.07, 6.45) is 0. The lowest BCUT2D eigenvalue weighted by Crippen LogP contribution is -2.51. The summed E-state index contributed by atoms with van der Waals surface area (Å²) < 4.78 is 0.629. The van der Waals surface area contributed by atoms with E-state index in [4.69, 9.17) is 17.3 Å². The lowest BCUT2D eigenvalue weighted by atomic mass is 9.72. The Morgan fingerprint density at radius 1 is 1.33 bits per heavy atom. The monoisotopic (exact) mass is 245 g/mol. The van der Waals surface area contributed by atoms with Gasteiger partial charge in [0.25, 0.3) is 0 Å². The van der Waals surface area contributed by atoms with Crippen LogP contribution in [-0.2, 0) is 0 Å². The molecule has 1 heterocycles. The summed E-state index contributed by atoms with van der Waals surface area (Å²) in [5.41, 5.74) is 4.86. The Morgan fingerprint density at radius 2 is 1.87 bits per heavy atom. The Kier molecular flexibility index (Phi) is 3.29. The first kappa shape index (κ1) is 12.7. The number of carbonyl (C=O) groups is 1. The zero-order chi connectivity index (χ0) is 11.9. The lowest BCUT2D eigenvalue weighted by Gasteiger charge is -2.36. The van der Waals surface area contributed by atoms with Gasteiger partial charge in [0.2, 0.25) is 0 Å². The van der Waals surface area contributed by atoms with Crippen LogP contribution in [-0.4, -0.2) is 11.3 Å². The molecular formula is C11H16ClNOS. The van der Waals surface area contributed by atoms with Crippen molar-refractivity contribution in [1.82, 2.24) is 0 Å². The van der Waals surface area contributed by atoms with Crippen LogP contribution in [0, 0.1) is 5.41 Å². The number of ketones is 1. The number of halogens is 1. The van der Waals surface area contributed by atoms with E-state index in [1.807, 2.05) is 27.7 Å². The van der Waals surface area contributed by atoms with Crippen molar-refractivity contribution in [2.45, 2.75) is 33.2 Å². The van der Waals surface area contributed by atoms with Crippen molar-refractivity contribution in [3.63, 3.8) is 0 Å². The molecule has 84 valence electrons. The van der Waals surface area contributed by atoms with Crippen LogP contribution in [0.15, 0.2) is 12.1 Å². The molecule has 0 aliphatic carbocycles. The first-order valence-electron chi connectivity index (χ1n) is 4.75. The van der Waals surface area contributed by atoms with Crippen molar-refractivity contribution in [2.24, 2.45) is 11.1 Å². The number of nitrogens with two attached hydrogens (primary N) is 1. The normalized spacial score (nSPS) is 12.9. The molecule has 0 radical (unpaired) electrons. The Balaban J connectivity index is 3.05. The van der Waals surface area contributed by atoms with Gasteiger partial charge in [0.15, 0.2) is 5.78 Å². The van der Waals surface area contributed by atoms with Gasteiger partial charge in [-0.1, -0.05) is 25.4 Å². The molecule has 2 nitrogen and oxygen atoms in total. The fourth-order valence-corrected chi connectivity index (χ4v) is 2.18. The second kappa shape index (κ2) is 3.89. The van der Waals surface area contributed by atoms with E-state index < -0.39 is 11.0 Å². The van der Waals surface area contributed by atoms with Gasteiger partial charge in [0.1, 0.15) is 0 Å². The van der Waals surface area contributed by atoms with Gasteiger partial charge in [0.05, 0.1) is 9.21 Å². The average Bonchev–Trinajstić information content (AvgIpc) is 2.48. The molecule has 0 fully saturated rings. The maximum absolute atomic E-state index is 12.2. The van der Waals surface area contributed by atoms with Gasteiger partial charge in [-0.15, -0.1) is 11.3 Å². The number of thiophene rings is 1. The number of carbonyl (C=O) groups excluding carboxylic acids is 1. The molecule has 0 aliphatic heterocycles. The Bertz CT molecular complexity index is 376. The minimum absolute atomic E-state index is 0.0481. The predicted octanol–water partition coefficient (Wildman–Crippen LogP) is 3.35. The third-order valence-electron chi connectivity index (χ3n) is 2.98. The smallest absolute Gasteiger partial charge is 0.180 e. The minimum atomic E-state index is -0.596. The first-order chi connectivity index (χ1) is 6.66. The zero-order valence-corrected chi connectivity index (χ0v) is 11.0. The summed E-state index contributed by atoms with van der Waals surface area (Å²) in [6.45, 7) is 7.45. The molecule has 0 bridgehead atoms. The van der Waals surface area contributed by atoms with Crippen molar-refractivity contribution in [3.8, 4) is 0 Å². The highest BCUT2D eigenvalue weighted by Crippen LogP contribution is 2.35. The van der Waals surface area contributed by atoms with Gasteiger partial charge < -0.3 is 5.73 Å². The number of Topliss-reactive ketones (excluding diaryl/α,β-unsaturated/α-hetero) is 1. The van der Waals surface area contributed by atoms with Crippen molar-refractivity contribution in [2.75, 3.05) is 0 Å². The fraction of sp³-hybridized carbons (Fsp3) is 0.545. The van der Waals surface area contributed by atoms with Crippen molar-refractivity contribution >= 4 is 28.7 Å². The highest BCUT2D eigenvalue weighted by Gasteiger charge is 2.41. The van der Waals surface area contributed by atoms with E-state index in [9.17, 15) is 4.79 Å². The van der Waals surface area contributed by atoms with Crippen molar-refractivity contribution in [3.05, 3.63) is 21.3 Å². The zero-order valence-electron chi connectivity index (χ0n) is 9.43. The highest BCUT2D eigenvalue weighted by atomic mass is 35.5. The Hall–Kier alpha value is -0.380. The van der Waals surface area contributed by atoms with Crippen LogP contribution in [0.4, 0.5) is 0 Å². The first-order valence-corrected chi connectivity index (χ1v) is 5.95. The SMILES string of the molecule is CC(C)(N)C(C)(C)C(=O)c1ccc(Cl)s1. The Morgan fingerprint density at radius 3 is 2.20 bits per heavy atom. The second-order valence-electron chi connectivity index (χ2n) is 4.78. The molecule has 0 spiro atoms. The molecule has 0 aromatic carbocycles. The van der Waals surface area contributed by atoms with Gasteiger partial charge in [-0.2, -0.15) is 0 Å². The summed E-state index contributed by atoms with van der Waals surface area (Å²) in [6, 6.07) is 3.49. The molecule has 1 rings (SSSR count). The quantitative estimate of drug-likeness (QED) is 0.830. The van der Waals surface area contributed by atoms with E-state index >= 15 is 0 Å². The van der Waals surface area contributed by atoms with Crippen molar-refractivity contribution in [1.29, 1.82) is 0 Å². The highest BCUT2D eigenvalue weighted by molar-refractivity contribution is 7.18. The van der Waals surface area contributed by atoms with E-state index in [-0.39, 0.29) is 5.78 Å². The molecule has 1 aromatic heterocycles. The standard InChI is InChI=1S/C11H16ClNOS/c1-10(2,11(3,4)13)9(14)7-5-6-8(12)15-7/h5-6H,13H2,1-4H3. The third kappa shape index (κ3) is 2.41. The van der Waals surface area contributed by atoms with Crippen LogP contribution in [0.3, 0.4) is 0 Å². The summed E-state index contributed by atoms with van der Waals surface area (Å²) >= 11 is 7.10. The van der Waals surface area contributed by atoms with E-state index in [0.717, 1.165) is 0 Å². The Labute approximate surface area is 99.4 Å². The van der Waals surface area contributed by atoms with E-state index in [0.29, 0.717) is 9.21 Å². The van der Waals surface area contributed by atoms with Gasteiger partial charge >= 0.3 is 0 Å². The molecule has 0 atom stereocenters. The molecule has 1 aromatic rings. The summed E-state index contributed by atoms with van der Waals surface area (Å²) in [7, 11) is 0. The maximum atomic E-state index is 12.2. The van der Waals surface area contributed by atoms with E-state index in [2.05, 4.69) is 0 Å².